The first kappa shape index (κ1) is 22.2. The minimum Gasteiger partial charge on any atom is -0.489 e. The molecule has 0 unspecified atom stereocenters. The summed E-state index contributed by atoms with van der Waals surface area (Å²) in [4.78, 5) is 12.5. The zero-order chi connectivity index (χ0) is 19.1. The van der Waals surface area contributed by atoms with Crippen LogP contribution in [0.15, 0.2) is 54.6 Å². The quantitative estimate of drug-likeness (QED) is 0.741. The predicted molar refractivity (Wildman–Crippen MR) is 112 cm³/mol. The number of ether oxygens (including phenoxy) is 2. The Bertz CT molecular complexity index is 742. The lowest BCUT2D eigenvalue weighted by Gasteiger charge is -2.32. The van der Waals surface area contributed by atoms with Crippen LogP contribution in [0.5, 0.6) is 5.75 Å². The Balaban J connectivity index is 0.00000280. The molecule has 0 aromatic heterocycles. The van der Waals surface area contributed by atoms with E-state index >= 15 is 0 Å². The molecule has 0 radical (unpaired) electrons. The van der Waals surface area contributed by atoms with Crippen LogP contribution in [-0.4, -0.2) is 25.2 Å². The standard InChI is InChI=1S/C22H28N2O3.ClH/c1-26-21-11-10-18(13-20(21)23)22(25)24-14-17-8-5-9-19(12-17)27-15-16-6-3-2-4-7-16;/h2-9,12,18,20-21H,10-11,13-15,23H2,1H3,(H,24,25);1H/t18-,20+,21+;/m0./s1. The third-order valence-corrected chi connectivity index (χ3v) is 5.12. The number of rotatable bonds is 7. The molecule has 1 amide bonds. The normalized spacial score (nSPS) is 21.4. The highest BCUT2D eigenvalue weighted by Crippen LogP contribution is 2.25. The van der Waals surface area contributed by atoms with Gasteiger partial charge in [0.2, 0.25) is 5.91 Å². The fourth-order valence-corrected chi connectivity index (χ4v) is 3.53. The van der Waals surface area contributed by atoms with Crippen molar-refractivity contribution in [3.8, 4) is 5.75 Å². The fraction of sp³-hybridized carbons (Fsp3) is 0.409. The van der Waals surface area contributed by atoms with Crippen molar-refractivity contribution in [1.29, 1.82) is 0 Å². The molecule has 2 aromatic carbocycles. The minimum absolute atomic E-state index is 0. The summed E-state index contributed by atoms with van der Waals surface area (Å²) in [7, 11) is 1.68. The Kier molecular flexibility index (Phi) is 8.77. The van der Waals surface area contributed by atoms with E-state index in [2.05, 4.69) is 5.32 Å². The molecule has 5 nitrogen and oxygen atoms in total. The molecule has 0 heterocycles. The molecule has 0 aliphatic heterocycles. The number of halogens is 1. The van der Waals surface area contributed by atoms with Gasteiger partial charge in [-0.05, 0) is 42.5 Å². The van der Waals surface area contributed by atoms with Gasteiger partial charge in [-0.2, -0.15) is 0 Å². The van der Waals surface area contributed by atoms with Gasteiger partial charge in [-0.15, -0.1) is 12.4 Å². The summed E-state index contributed by atoms with van der Waals surface area (Å²) in [5.41, 5.74) is 8.25. The highest BCUT2D eigenvalue weighted by atomic mass is 35.5. The van der Waals surface area contributed by atoms with Crippen molar-refractivity contribution >= 4 is 18.3 Å². The van der Waals surface area contributed by atoms with Crippen LogP contribution in [0.2, 0.25) is 0 Å². The summed E-state index contributed by atoms with van der Waals surface area (Å²) in [6.07, 6.45) is 2.38. The lowest BCUT2D eigenvalue weighted by molar-refractivity contribution is -0.127. The Labute approximate surface area is 173 Å². The van der Waals surface area contributed by atoms with Crippen LogP contribution in [0.1, 0.15) is 30.4 Å². The van der Waals surface area contributed by atoms with Crippen LogP contribution in [0.4, 0.5) is 0 Å². The number of benzene rings is 2. The van der Waals surface area contributed by atoms with Gasteiger partial charge in [0, 0.05) is 25.6 Å². The van der Waals surface area contributed by atoms with E-state index in [9.17, 15) is 4.79 Å². The minimum atomic E-state index is -0.0748. The molecule has 6 heteroatoms. The highest BCUT2D eigenvalue weighted by molar-refractivity contribution is 5.85. The number of hydrogen-bond donors (Lipinski definition) is 2. The average Bonchev–Trinajstić information content (AvgIpc) is 2.71. The highest BCUT2D eigenvalue weighted by Gasteiger charge is 2.31. The second-order valence-corrected chi connectivity index (χ2v) is 7.09. The van der Waals surface area contributed by atoms with Crippen LogP contribution in [0, 0.1) is 5.92 Å². The smallest absolute Gasteiger partial charge is 0.223 e. The number of carbonyl (C=O) groups is 1. The van der Waals surface area contributed by atoms with Crippen LogP contribution in [-0.2, 0) is 22.7 Å². The summed E-state index contributed by atoms with van der Waals surface area (Å²) in [6.45, 7) is 1.01. The maximum absolute atomic E-state index is 12.5. The molecule has 3 N–H and O–H groups in total. The van der Waals surface area contributed by atoms with Gasteiger partial charge in [0.25, 0.3) is 0 Å². The average molecular weight is 405 g/mol. The van der Waals surface area contributed by atoms with Gasteiger partial charge < -0.3 is 20.5 Å². The van der Waals surface area contributed by atoms with Crippen LogP contribution >= 0.6 is 12.4 Å². The van der Waals surface area contributed by atoms with Gasteiger partial charge in [0.15, 0.2) is 0 Å². The van der Waals surface area contributed by atoms with E-state index in [1.54, 1.807) is 7.11 Å². The second kappa shape index (κ2) is 11.1. The molecule has 3 atom stereocenters. The van der Waals surface area contributed by atoms with E-state index in [0.29, 0.717) is 19.6 Å². The summed E-state index contributed by atoms with van der Waals surface area (Å²) in [5.74, 6) is 0.827. The van der Waals surface area contributed by atoms with E-state index < -0.39 is 0 Å². The van der Waals surface area contributed by atoms with Gasteiger partial charge in [0.05, 0.1) is 6.10 Å². The molecule has 152 valence electrons. The molecule has 1 saturated carbocycles. The molecule has 1 aliphatic carbocycles. The molecule has 0 bridgehead atoms. The molecule has 1 fully saturated rings. The summed E-state index contributed by atoms with van der Waals surface area (Å²) in [6, 6.07) is 17.8. The number of methoxy groups -OCH3 is 1. The molecule has 1 aliphatic rings. The first-order chi connectivity index (χ1) is 13.2. The van der Waals surface area contributed by atoms with Gasteiger partial charge in [-0.3, -0.25) is 4.79 Å². The third-order valence-electron chi connectivity index (χ3n) is 5.12. The van der Waals surface area contributed by atoms with Crippen molar-refractivity contribution in [2.24, 2.45) is 11.7 Å². The van der Waals surface area contributed by atoms with Crippen molar-refractivity contribution in [2.45, 2.75) is 44.6 Å². The van der Waals surface area contributed by atoms with Crippen LogP contribution in [0.25, 0.3) is 0 Å². The second-order valence-electron chi connectivity index (χ2n) is 7.09. The molecule has 0 spiro atoms. The molecule has 2 aromatic rings. The Hall–Kier alpha value is -2.08. The predicted octanol–water partition coefficient (Wildman–Crippen LogP) is 3.45. The Morgan fingerprint density at radius 1 is 1.11 bits per heavy atom. The van der Waals surface area contributed by atoms with Gasteiger partial charge in [-0.1, -0.05) is 42.5 Å². The van der Waals surface area contributed by atoms with E-state index in [4.69, 9.17) is 15.2 Å². The van der Waals surface area contributed by atoms with Gasteiger partial charge >= 0.3 is 0 Å². The van der Waals surface area contributed by atoms with Crippen molar-refractivity contribution in [2.75, 3.05) is 7.11 Å². The largest absolute Gasteiger partial charge is 0.489 e. The fourth-order valence-electron chi connectivity index (χ4n) is 3.53. The monoisotopic (exact) mass is 404 g/mol. The SMILES string of the molecule is CO[C@@H]1CC[C@H](C(=O)NCc2cccc(OCc3ccccc3)c2)C[C@H]1N.Cl. The Morgan fingerprint density at radius 3 is 2.57 bits per heavy atom. The van der Waals surface area contributed by atoms with E-state index in [1.165, 1.54) is 0 Å². The lowest BCUT2D eigenvalue weighted by atomic mass is 9.83. The summed E-state index contributed by atoms with van der Waals surface area (Å²) in [5, 5.41) is 3.03. The summed E-state index contributed by atoms with van der Waals surface area (Å²) >= 11 is 0. The molecule has 28 heavy (non-hydrogen) atoms. The van der Waals surface area contributed by atoms with Crippen molar-refractivity contribution < 1.29 is 14.3 Å². The van der Waals surface area contributed by atoms with Gasteiger partial charge in [0.1, 0.15) is 12.4 Å². The van der Waals surface area contributed by atoms with Crippen molar-refractivity contribution in [1.82, 2.24) is 5.32 Å². The Morgan fingerprint density at radius 2 is 1.86 bits per heavy atom. The van der Waals surface area contributed by atoms with Crippen molar-refractivity contribution in [3.63, 3.8) is 0 Å². The molecule has 3 rings (SSSR count). The molecular weight excluding hydrogens is 376 g/mol. The maximum atomic E-state index is 12.5. The first-order valence-electron chi connectivity index (χ1n) is 9.47. The van der Waals surface area contributed by atoms with Crippen LogP contribution < -0.4 is 15.8 Å². The van der Waals surface area contributed by atoms with Crippen molar-refractivity contribution in [3.05, 3.63) is 65.7 Å². The number of amides is 1. The van der Waals surface area contributed by atoms with E-state index in [1.807, 2.05) is 54.6 Å². The molecular formula is C22H29ClN2O3. The zero-order valence-corrected chi connectivity index (χ0v) is 17.0. The molecule has 0 saturated heterocycles. The van der Waals surface area contributed by atoms with E-state index in [-0.39, 0.29) is 36.4 Å². The van der Waals surface area contributed by atoms with Gasteiger partial charge in [-0.25, -0.2) is 0 Å². The zero-order valence-electron chi connectivity index (χ0n) is 16.2. The number of nitrogens with two attached hydrogens (primary N) is 1. The van der Waals surface area contributed by atoms with Crippen LogP contribution in [0.3, 0.4) is 0 Å². The number of carbonyl (C=O) groups excluding carboxylic acids is 1. The third kappa shape index (κ3) is 6.23. The lowest BCUT2D eigenvalue weighted by Crippen LogP contribution is -2.45. The topological polar surface area (TPSA) is 73.6 Å². The first-order valence-corrected chi connectivity index (χ1v) is 9.47. The maximum Gasteiger partial charge on any atom is 0.223 e. The number of hydrogen-bond acceptors (Lipinski definition) is 4. The number of nitrogens with one attached hydrogen (secondary N) is 1. The summed E-state index contributed by atoms with van der Waals surface area (Å²) < 4.78 is 11.2. The van der Waals surface area contributed by atoms with E-state index in [0.717, 1.165) is 29.7 Å².